The highest BCUT2D eigenvalue weighted by Crippen LogP contribution is 2.37. The number of carboxylic acids is 1. The number of rotatable bonds is 3. The minimum atomic E-state index is -4.71. The molecule has 1 aromatic carbocycles. The molecule has 28 heavy (non-hydrogen) atoms. The third-order valence-corrected chi connectivity index (χ3v) is 5.22. The number of carbonyl (C=O) groups is 3. The van der Waals surface area contributed by atoms with Crippen molar-refractivity contribution in [1.82, 2.24) is 15.1 Å². The van der Waals surface area contributed by atoms with Gasteiger partial charge in [0, 0.05) is 26.2 Å². The summed E-state index contributed by atoms with van der Waals surface area (Å²) >= 11 is 0. The number of carbonyl (C=O) groups excluding carboxylic acids is 2. The summed E-state index contributed by atoms with van der Waals surface area (Å²) in [6, 6.07) is 7.20. The molecule has 152 valence electrons. The summed E-state index contributed by atoms with van der Waals surface area (Å²) in [4.78, 5) is 38.0. The molecule has 0 spiro atoms. The van der Waals surface area contributed by atoms with E-state index in [0.717, 1.165) is 16.0 Å². The van der Waals surface area contributed by atoms with Crippen molar-refractivity contribution in [2.24, 2.45) is 11.8 Å². The number of nitrogens with zero attached hydrogens (tertiary/aromatic N) is 2. The van der Waals surface area contributed by atoms with Crippen molar-refractivity contribution >= 4 is 17.9 Å². The first-order chi connectivity index (χ1) is 13.2. The van der Waals surface area contributed by atoms with Gasteiger partial charge in [-0.05, 0) is 17.5 Å². The molecule has 0 unspecified atom stereocenters. The molecule has 0 aromatic heterocycles. The summed E-state index contributed by atoms with van der Waals surface area (Å²) in [7, 11) is 0. The number of hydrogen-bond donors (Lipinski definition) is 2. The molecule has 10 heteroatoms. The van der Waals surface area contributed by atoms with Gasteiger partial charge in [0.05, 0.1) is 18.4 Å². The zero-order chi connectivity index (χ0) is 20.5. The van der Waals surface area contributed by atoms with Crippen molar-refractivity contribution in [3.8, 4) is 0 Å². The molecule has 2 atom stereocenters. The predicted octanol–water partition coefficient (Wildman–Crippen LogP) is 1.48. The molecule has 1 aromatic rings. The Morgan fingerprint density at radius 1 is 1.11 bits per heavy atom. The van der Waals surface area contributed by atoms with Gasteiger partial charge in [-0.1, -0.05) is 24.3 Å². The fourth-order valence-corrected chi connectivity index (χ4v) is 3.63. The molecule has 0 saturated carbocycles. The Labute approximate surface area is 159 Å². The van der Waals surface area contributed by atoms with Crippen molar-refractivity contribution in [1.29, 1.82) is 0 Å². The van der Waals surface area contributed by atoms with Gasteiger partial charge in [0.25, 0.3) is 0 Å². The molecular formula is C18H20F3N3O4. The smallest absolute Gasteiger partial charge is 0.394 e. The fourth-order valence-electron chi connectivity index (χ4n) is 3.63. The summed E-state index contributed by atoms with van der Waals surface area (Å²) in [5.41, 5.74) is 2.16. The van der Waals surface area contributed by atoms with Crippen LogP contribution in [0.25, 0.3) is 0 Å². The van der Waals surface area contributed by atoms with E-state index in [2.05, 4.69) is 5.32 Å². The summed E-state index contributed by atoms with van der Waals surface area (Å²) in [6.07, 6.45) is -4.03. The lowest BCUT2D eigenvalue weighted by Gasteiger charge is -2.29. The lowest BCUT2D eigenvalue weighted by molar-refractivity contribution is -0.188. The number of fused-ring (bicyclic) bond motifs is 1. The van der Waals surface area contributed by atoms with Crippen molar-refractivity contribution in [3.63, 3.8) is 0 Å². The van der Waals surface area contributed by atoms with Crippen LogP contribution in [0.5, 0.6) is 0 Å². The van der Waals surface area contributed by atoms with Gasteiger partial charge in [-0.25, -0.2) is 4.79 Å². The molecule has 2 aliphatic heterocycles. The Balaban J connectivity index is 1.54. The lowest BCUT2D eigenvalue weighted by Crippen LogP contribution is -2.46. The average molecular weight is 399 g/mol. The van der Waals surface area contributed by atoms with Crippen molar-refractivity contribution in [2.45, 2.75) is 19.1 Å². The molecule has 1 fully saturated rings. The van der Waals surface area contributed by atoms with Crippen LogP contribution in [0.2, 0.25) is 0 Å². The number of hydrogen-bond acceptors (Lipinski definition) is 3. The lowest BCUT2D eigenvalue weighted by atomic mass is 9.96. The Bertz CT molecular complexity index is 784. The van der Waals surface area contributed by atoms with Gasteiger partial charge in [-0.15, -0.1) is 0 Å². The highest BCUT2D eigenvalue weighted by atomic mass is 19.4. The van der Waals surface area contributed by atoms with Gasteiger partial charge in [-0.3, -0.25) is 9.59 Å². The monoisotopic (exact) mass is 399 g/mol. The predicted molar refractivity (Wildman–Crippen MR) is 91.2 cm³/mol. The number of likely N-dealkylation sites (tertiary alicyclic amines) is 1. The number of benzene rings is 1. The van der Waals surface area contributed by atoms with Crippen LogP contribution in [-0.4, -0.2) is 65.2 Å². The van der Waals surface area contributed by atoms with Crippen molar-refractivity contribution in [2.75, 3.05) is 26.2 Å². The zero-order valence-electron chi connectivity index (χ0n) is 14.9. The van der Waals surface area contributed by atoms with E-state index >= 15 is 0 Å². The van der Waals surface area contributed by atoms with E-state index in [9.17, 15) is 27.6 Å². The highest BCUT2D eigenvalue weighted by Gasteiger charge is 2.53. The van der Waals surface area contributed by atoms with Gasteiger partial charge < -0.3 is 20.2 Å². The van der Waals surface area contributed by atoms with E-state index in [1.807, 2.05) is 24.3 Å². The Hall–Kier alpha value is -2.78. The van der Waals surface area contributed by atoms with E-state index < -0.39 is 55.6 Å². The molecule has 3 rings (SSSR count). The SMILES string of the molecule is O=C(O)[C@@H]1CN(C(=O)CNC(=O)N2CCc3ccccc3C2)C[C@H]1C(F)(F)F. The van der Waals surface area contributed by atoms with E-state index in [0.29, 0.717) is 19.5 Å². The van der Waals surface area contributed by atoms with Crippen LogP contribution >= 0.6 is 0 Å². The highest BCUT2D eigenvalue weighted by molar-refractivity contribution is 5.85. The molecule has 1 saturated heterocycles. The van der Waals surface area contributed by atoms with Crippen molar-refractivity contribution < 1.29 is 32.7 Å². The molecule has 7 nitrogen and oxygen atoms in total. The van der Waals surface area contributed by atoms with Gasteiger partial charge >= 0.3 is 18.2 Å². The zero-order valence-corrected chi connectivity index (χ0v) is 14.9. The van der Waals surface area contributed by atoms with Gasteiger partial charge in [0.1, 0.15) is 0 Å². The minimum Gasteiger partial charge on any atom is -0.481 e. The third kappa shape index (κ3) is 4.20. The normalized spacial score (nSPS) is 22.0. The maximum absolute atomic E-state index is 13.0. The first-order valence-corrected chi connectivity index (χ1v) is 8.83. The molecule has 2 aliphatic rings. The molecule has 0 radical (unpaired) electrons. The molecule has 2 N–H and O–H groups in total. The number of amides is 3. The summed E-state index contributed by atoms with van der Waals surface area (Å²) in [5.74, 6) is -6.13. The van der Waals surface area contributed by atoms with Crippen LogP contribution in [0.4, 0.5) is 18.0 Å². The Morgan fingerprint density at radius 2 is 1.79 bits per heavy atom. The standard InChI is InChI=1S/C18H20F3N3O4/c19-18(20,21)14-10-24(9-13(14)16(26)27)15(25)7-22-17(28)23-6-5-11-3-1-2-4-12(11)8-23/h1-4,13-14H,5-10H2,(H,22,28)(H,26,27)/t13-,14-/m1/s1. The van der Waals surface area contributed by atoms with Gasteiger partial charge in [-0.2, -0.15) is 13.2 Å². The minimum absolute atomic E-state index is 0.386. The summed E-state index contributed by atoms with van der Waals surface area (Å²) in [6.45, 7) is -0.861. The van der Waals surface area contributed by atoms with Crippen LogP contribution in [0.3, 0.4) is 0 Å². The first-order valence-electron chi connectivity index (χ1n) is 8.83. The van der Waals surface area contributed by atoms with Crippen LogP contribution < -0.4 is 5.32 Å². The molecule has 2 heterocycles. The van der Waals surface area contributed by atoms with E-state index in [1.54, 1.807) is 0 Å². The van der Waals surface area contributed by atoms with E-state index in [1.165, 1.54) is 4.90 Å². The first kappa shape index (κ1) is 20.0. The van der Waals surface area contributed by atoms with Crippen LogP contribution in [0.15, 0.2) is 24.3 Å². The second kappa shape index (κ2) is 7.69. The molecule has 0 aliphatic carbocycles. The Morgan fingerprint density at radius 3 is 2.39 bits per heavy atom. The molecular weight excluding hydrogens is 379 g/mol. The average Bonchev–Trinajstić information content (AvgIpc) is 3.12. The second-order valence-corrected chi connectivity index (χ2v) is 6.99. The van der Waals surface area contributed by atoms with Gasteiger partial charge in [0.2, 0.25) is 5.91 Å². The summed E-state index contributed by atoms with van der Waals surface area (Å²) < 4.78 is 39.0. The van der Waals surface area contributed by atoms with Crippen LogP contribution in [0.1, 0.15) is 11.1 Å². The Kier molecular flexibility index (Phi) is 5.48. The molecule has 0 bridgehead atoms. The third-order valence-electron chi connectivity index (χ3n) is 5.22. The number of carboxylic acid groups (broad SMARTS) is 1. The molecule has 3 amide bonds. The van der Waals surface area contributed by atoms with E-state index in [-0.39, 0.29) is 0 Å². The maximum Gasteiger partial charge on any atom is 0.394 e. The fraction of sp³-hybridized carbons (Fsp3) is 0.500. The van der Waals surface area contributed by atoms with Crippen LogP contribution in [0, 0.1) is 11.8 Å². The second-order valence-electron chi connectivity index (χ2n) is 6.99. The largest absolute Gasteiger partial charge is 0.481 e. The number of halogens is 3. The quantitative estimate of drug-likeness (QED) is 0.806. The van der Waals surface area contributed by atoms with Crippen molar-refractivity contribution in [3.05, 3.63) is 35.4 Å². The number of urea groups is 1. The number of aliphatic carboxylic acids is 1. The summed E-state index contributed by atoms with van der Waals surface area (Å²) in [5, 5.41) is 11.4. The maximum atomic E-state index is 13.0. The van der Waals surface area contributed by atoms with Gasteiger partial charge in [0.15, 0.2) is 0 Å². The number of alkyl halides is 3. The number of nitrogens with one attached hydrogen (secondary N) is 1. The van der Waals surface area contributed by atoms with E-state index in [4.69, 9.17) is 5.11 Å². The topological polar surface area (TPSA) is 90.0 Å². The van der Waals surface area contributed by atoms with Crippen LogP contribution in [-0.2, 0) is 22.6 Å².